The van der Waals surface area contributed by atoms with Crippen LogP contribution in [0.4, 0.5) is 10.1 Å². The van der Waals surface area contributed by atoms with Crippen molar-refractivity contribution in [3.05, 3.63) is 38.1 Å². The molecule has 0 fully saturated rings. The lowest BCUT2D eigenvalue weighted by atomic mass is 10.2. The Morgan fingerprint density at radius 2 is 2.14 bits per heavy atom. The maximum Gasteiger partial charge on any atom is 0.340 e. The first-order valence-electron chi connectivity index (χ1n) is 3.31. The minimum atomic E-state index is -1.56. The average Bonchev–Trinajstić information content (AvgIpc) is 2.02. The van der Waals surface area contributed by atoms with Gasteiger partial charge in [0.2, 0.25) is 5.82 Å². The van der Waals surface area contributed by atoms with Crippen LogP contribution in [0, 0.1) is 15.9 Å². The third-order valence-electron chi connectivity index (χ3n) is 1.48. The average molecular weight is 264 g/mol. The van der Waals surface area contributed by atoms with Gasteiger partial charge in [-0.3, -0.25) is 10.1 Å². The second-order valence-electron chi connectivity index (χ2n) is 2.32. The SMILES string of the molecule is O=C(O)c1c(Br)ccc([N+](=O)[O-])c1F. The van der Waals surface area contributed by atoms with Gasteiger partial charge in [0.25, 0.3) is 0 Å². The molecule has 1 rings (SSSR count). The number of hydrogen-bond acceptors (Lipinski definition) is 3. The van der Waals surface area contributed by atoms with E-state index in [1.54, 1.807) is 0 Å². The highest BCUT2D eigenvalue weighted by Crippen LogP contribution is 2.27. The molecule has 14 heavy (non-hydrogen) atoms. The number of carboxylic acids is 1. The van der Waals surface area contributed by atoms with Crippen LogP contribution in [0.1, 0.15) is 10.4 Å². The summed E-state index contributed by atoms with van der Waals surface area (Å²) < 4.78 is 13.1. The molecule has 7 heteroatoms. The molecule has 0 aliphatic heterocycles. The number of nitrogens with zero attached hydrogens (tertiary/aromatic N) is 1. The van der Waals surface area contributed by atoms with Gasteiger partial charge in [-0.05, 0) is 22.0 Å². The number of nitro benzene ring substituents is 1. The van der Waals surface area contributed by atoms with E-state index in [2.05, 4.69) is 15.9 Å². The molecular weight excluding hydrogens is 261 g/mol. The number of rotatable bonds is 2. The summed E-state index contributed by atoms with van der Waals surface area (Å²) in [6.07, 6.45) is 0. The Hall–Kier alpha value is -1.50. The highest BCUT2D eigenvalue weighted by Gasteiger charge is 2.24. The quantitative estimate of drug-likeness (QED) is 0.655. The van der Waals surface area contributed by atoms with Crippen LogP contribution in [0.25, 0.3) is 0 Å². The predicted octanol–water partition coefficient (Wildman–Crippen LogP) is 2.19. The van der Waals surface area contributed by atoms with Crippen molar-refractivity contribution in [3.63, 3.8) is 0 Å². The van der Waals surface area contributed by atoms with Gasteiger partial charge in [0.15, 0.2) is 0 Å². The van der Waals surface area contributed by atoms with Gasteiger partial charge < -0.3 is 5.11 Å². The highest BCUT2D eigenvalue weighted by atomic mass is 79.9. The molecule has 74 valence electrons. The van der Waals surface area contributed by atoms with Gasteiger partial charge in [-0.15, -0.1) is 0 Å². The number of aromatic carboxylic acids is 1. The van der Waals surface area contributed by atoms with Crippen LogP contribution in [-0.2, 0) is 0 Å². The molecule has 0 atom stereocenters. The summed E-state index contributed by atoms with van der Waals surface area (Å²) in [5.41, 5.74) is -1.59. The lowest BCUT2D eigenvalue weighted by Gasteiger charge is -2.00. The van der Waals surface area contributed by atoms with E-state index in [-0.39, 0.29) is 4.47 Å². The first-order valence-corrected chi connectivity index (χ1v) is 4.10. The molecule has 0 unspecified atom stereocenters. The minimum Gasteiger partial charge on any atom is -0.478 e. The van der Waals surface area contributed by atoms with Crippen LogP contribution in [0.3, 0.4) is 0 Å². The van der Waals surface area contributed by atoms with E-state index in [4.69, 9.17) is 5.11 Å². The van der Waals surface area contributed by atoms with E-state index >= 15 is 0 Å². The molecule has 0 saturated carbocycles. The molecule has 1 aromatic carbocycles. The third-order valence-corrected chi connectivity index (χ3v) is 2.14. The highest BCUT2D eigenvalue weighted by molar-refractivity contribution is 9.10. The second kappa shape index (κ2) is 3.70. The topological polar surface area (TPSA) is 80.4 Å². The molecule has 0 saturated heterocycles. The zero-order valence-electron chi connectivity index (χ0n) is 6.53. The molecule has 0 bridgehead atoms. The molecule has 0 aromatic heterocycles. The minimum absolute atomic E-state index is 0.0342. The van der Waals surface area contributed by atoms with Gasteiger partial charge in [0, 0.05) is 10.5 Å². The lowest BCUT2D eigenvalue weighted by molar-refractivity contribution is -0.387. The fraction of sp³-hybridized carbons (Fsp3) is 0. The zero-order valence-corrected chi connectivity index (χ0v) is 8.12. The first-order chi connectivity index (χ1) is 6.45. The third kappa shape index (κ3) is 1.72. The van der Waals surface area contributed by atoms with E-state index in [0.717, 1.165) is 12.1 Å². The van der Waals surface area contributed by atoms with Crippen molar-refractivity contribution in [3.8, 4) is 0 Å². The van der Waals surface area contributed by atoms with E-state index in [9.17, 15) is 19.3 Å². The van der Waals surface area contributed by atoms with E-state index < -0.39 is 28.0 Å². The molecule has 5 nitrogen and oxygen atoms in total. The van der Waals surface area contributed by atoms with Crippen LogP contribution in [0.5, 0.6) is 0 Å². The van der Waals surface area contributed by atoms with Gasteiger partial charge in [-0.1, -0.05) is 0 Å². The van der Waals surface area contributed by atoms with Gasteiger partial charge in [-0.2, -0.15) is 4.39 Å². The fourth-order valence-corrected chi connectivity index (χ4v) is 1.35. The Morgan fingerprint density at radius 3 is 2.57 bits per heavy atom. The monoisotopic (exact) mass is 263 g/mol. The molecule has 0 amide bonds. The number of hydrogen-bond donors (Lipinski definition) is 1. The predicted molar refractivity (Wildman–Crippen MR) is 47.7 cm³/mol. The van der Waals surface area contributed by atoms with E-state index in [1.165, 1.54) is 0 Å². The molecule has 1 aromatic rings. The maximum atomic E-state index is 13.2. The van der Waals surface area contributed by atoms with Crippen molar-refractivity contribution in [2.45, 2.75) is 0 Å². The van der Waals surface area contributed by atoms with Gasteiger partial charge >= 0.3 is 11.7 Å². The standard InChI is InChI=1S/C7H3BrFNO4/c8-3-1-2-4(10(13)14)6(9)5(3)7(11)12/h1-2H,(H,11,12). The van der Waals surface area contributed by atoms with E-state index in [1.807, 2.05) is 0 Å². The summed E-state index contributed by atoms with van der Waals surface area (Å²) in [5.74, 6) is -2.91. The van der Waals surface area contributed by atoms with Gasteiger partial charge in [-0.25, -0.2) is 4.79 Å². The van der Waals surface area contributed by atoms with Crippen LogP contribution < -0.4 is 0 Å². The number of carbonyl (C=O) groups is 1. The largest absolute Gasteiger partial charge is 0.478 e. The second-order valence-corrected chi connectivity index (χ2v) is 3.17. The lowest BCUT2D eigenvalue weighted by Crippen LogP contribution is -2.04. The summed E-state index contributed by atoms with van der Waals surface area (Å²) in [5, 5.41) is 18.8. The fourth-order valence-electron chi connectivity index (χ4n) is 0.879. The van der Waals surface area contributed by atoms with Gasteiger partial charge in [0.05, 0.1) is 4.92 Å². The number of benzene rings is 1. The molecule has 1 N–H and O–H groups in total. The van der Waals surface area contributed by atoms with Crippen molar-refractivity contribution in [1.82, 2.24) is 0 Å². The van der Waals surface area contributed by atoms with Crippen molar-refractivity contribution >= 4 is 27.6 Å². The summed E-state index contributed by atoms with van der Waals surface area (Å²) in [6.45, 7) is 0. The maximum absolute atomic E-state index is 13.2. The van der Waals surface area contributed by atoms with Crippen LogP contribution in [0.2, 0.25) is 0 Å². The van der Waals surface area contributed by atoms with Crippen molar-refractivity contribution in [2.24, 2.45) is 0 Å². The Morgan fingerprint density at radius 1 is 1.57 bits per heavy atom. The first kappa shape index (κ1) is 10.6. The summed E-state index contributed by atoms with van der Waals surface area (Å²) in [6, 6.07) is 2.01. The van der Waals surface area contributed by atoms with Crippen LogP contribution >= 0.6 is 15.9 Å². The van der Waals surface area contributed by atoms with Crippen molar-refractivity contribution in [2.75, 3.05) is 0 Å². The molecular formula is C7H3BrFNO4. The summed E-state index contributed by atoms with van der Waals surface area (Å²) >= 11 is 2.79. The molecule has 0 aliphatic carbocycles. The molecule has 0 radical (unpaired) electrons. The number of halogens is 2. The number of carboxylic acid groups (broad SMARTS) is 1. The van der Waals surface area contributed by atoms with Crippen LogP contribution in [-0.4, -0.2) is 16.0 Å². The smallest absolute Gasteiger partial charge is 0.340 e. The van der Waals surface area contributed by atoms with Crippen molar-refractivity contribution < 1.29 is 19.2 Å². The molecule has 0 aliphatic rings. The normalized spacial score (nSPS) is 9.86. The van der Waals surface area contributed by atoms with E-state index in [0.29, 0.717) is 0 Å². The molecule has 0 heterocycles. The van der Waals surface area contributed by atoms with Crippen molar-refractivity contribution in [1.29, 1.82) is 0 Å². The Labute approximate surface area is 85.4 Å². The summed E-state index contributed by atoms with van der Waals surface area (Å²) in [4.78, 5) is 19.8. The Bertz CT molecular complexity index is 420. The zero-order chi connectivity index (χ0) is 10.9. The van der Waals surface area contributed by atoms with Gasteiger partial charge in [0.1, 0.15) is 5.56 Å². The number of nitro groups is 1. The Kier molecular flexibility index (Phi) is 2.80. The van der Waals surface area contributed by atoms with Crippen LogP contribution in [0.15, 0.2) is 16.6 Å². The molecule has 0 spiro atoms. The summed E-state index contributed by atoms with van der Waals surface area (Å²) in [7, 11) is 0. The Balaban J connectivity index is 3.49.